The summed E-state index contributed by atoms with van der Waals surface area (Å²) in [5.41, 5.74) is 0.928. The number of aliphatic hydroxyl groups excluding tert-OH is 1. The van der Waals surface area contributed by atoms with Crippen LogP contribution in [0.3, 0.4) is 0 Å². The van der Waals surface area contributed by atoms with Crippen molar-refractivity contribution in [2.24, 2.45) is 0 Å². The maximum atomic E-state index is 10.3. The molecule has 1 aromatic heterocycles. The number of ether oxygens (including phenoxy) is 1. The second-order valence-electron chi connectivity index (χ2n) is 5.26. The summed E-state index contributed by atoms with van der Waals surface area (Å²) in [5.74, 6) is 0. The molecule has 2 saturated heterocycles. The number of hydrogen-bond acceptors (Lipinski definition) is 4. The summed E-state index contributed by atoms with van der Waals surface area (Å²) in [4.78, 5) is 6.71. The van der Waals surface area contributed by atoms with E-state index in [0.717, 1.165) is 25.4 Å². The lowest BCUT2D eigenvalue weighted by Crippen LogP contribution is -2.50. The minimum Gasteiger partial charge on any atom is -0.390 e. The van der Waals surface area contributed by atoms with E-state index in [9.17, 15) is 5.11 Å². The van der Waals surface area contributed by atoms with Crippen LogP contribution in [0.25, 0.3) is 0 Å². The van der Waals surface area contributed by atoms with E-state index in [-0.39, 0.29) is 6.10 Å². The van der Waals surface area contributed by atoms with Gasteiger partial charge in [-0.25, -0.2) is 0 Å². The monoisotopic (exact) mass is 248 g/mol. The molecule has 4 nitrogen and oxygen atoms in total. The number of fused-ring (bicyclic) bond motifs is 1. The van der Waals surface area contributed by atoms with Crippen LogP contribution < -0.4 is 0 Å². The zero-order valence-corrected chi connectivity index (χ0v) is 10.5. The molecule has 98 valence electrons. The molecule has 2 fully saturated rings. The molecule has 3 rings (SSSR count). The van der Waals surface area contributed by atoms with Gasteiger partial charge in [0.1, 0.15) is 0 Å². The van der Waals surface area contributed by atoms with E-state index in [1.54, 1.807) is 6.20 Å². The van der Waals surface area contributed by atoms with Gasteiger partial charge in [-0.1, -0.05) is 6.07 Å². The van der Waals surface area contributed by atoms with Crippen molar-refractivity contribution < 1.29 is 9.84 Å². The highest BCUT2D eigenvalue weighted by Crippen LogP contribution is 2.24. The molecule has 3 heterocycles. The van der Waals surface area contributed by atoms with E-state index in [4.69, 9.17) is 4.74 Å². The first-order chi connectivity index (χ1) is 8.83. The fourth-order valence-electron chi connectivity index (χ4n) is 2.94. The Morgan fingerprint density at radius 3 is 3.28 bits per heavy atom. The first-order valence-corrected chi connectivity index (χ1v) is 6.76. The summed E-state index contributed by atoms with van der Waals surface area (Å²) in [7, 11) is 0. The predicted molar refractivity (Wildman–Crippen MR) is 68.3 cm³/mol. The van der Waals surface area contributed by atoms with Gasteiger partial charge in [-0.15, -0.1) is 0 Å². The number of rotatable bonds is 3. The lowest BCUT2D eigenvalue weighted by atomic mass is 10.1. The standard InChI is InChI=1S/C14H20N2O2/c17-13(8-11-4-1-2-6-15-11)14-9-16-7-3-5-12(16)10-18-14/h1-2,4,6,12-14,17H,3,5,7-10H2. The average molecular weight is 248 g/mol. The first-order valence-electron chi connectivity index (χ1n) is 6.76. The summed E-state index contributed by atoms with van der Waals surface area (Å²) in [6, 6.07) is 6.38. The number of aliphatic hydroxyl groups is 1. The molecule has 0 radical (unpaired) electrons. The summed E-state index contributed by atoms with van der Waals surface area (Å²) < 4.78 is 5.81. The summed E-state index contributed by atoms with van der Waals surface area (Å²) in [5, 5.41) is 10.3. The summed E-state index contributed by atoms with van der Waals surface area (Å²) >= 11 is 0. The Bertz CT molecular complexity index is 385. The highest BCUT2D eigenvalue weighted by molar-refractivity contribution is 5.05. The third-order valence-electron chi connectivity index (χ3n) is 3.99. The number of aromatic nitrogens is 1. The van der Waals surface area contributed by atoms with Crippen molar-refractivity contribution >= 4 is 0 Å². The molecule has 0 aromatic carbocycles. The zero-order chi connectivity index (χ0) is 12.4. The first kappa shape index (κ1) is 12.1. The van der Waals surface area contributed by atoms with Gasteiger partial charge in [-0.05, 0) is 31.5 Å². The normalized spacial score (nSPS) is 30.1. The maximum Gasteiger partial charge on any atom is 0.0965 e. The fraction of sp³-hybridized carbons (Fsp3) is 0.643. The highest BCUT2D eigenvalue weighted by atomic mass is 16.5. The van der Waals surface area contributed by atoms with Gasteiger partial charge in [0.05, 0.1) is 18.8 Å². The van der Waals surface area contributed by atoms with Gasteiger partial charge in [-0.3, -0.25) is 9.88 Å². The van der Waals surface area contributed by atoms with Crippen LogP contribution in [0.2, 0.25) is 0 Å². The number of nitrogens with zero attached hydrogens (tertiary/aromatic N) is 2. The van der Waals surface area contributed by atoms with Gasteiger partial charge in [0.2, 0.25) is 0 Å². The van der Waals surface area contributed by atoms with Crippen LogP contribution >= 0.6 is 0 Å². The minimum atomic E-state index is -0.457. The van der Waals surface area contributed by atoms with Gasteiger partial charge in [0.25, 0.3) is 0 Å². The zero-order valence-electron chi connectivity index (χ0n) is 10.5. The Morgan fingerprint density at radius 1 is 1.50 bits per heavy atom. The number of pyridine rings is 1. The second-order valence-corrected chi connectivity index (χ2v) is 5.26. The van der Waals surface area contributed by atoms with Crippen LogP contribution in [-0.2, 0) is 11.2 Å². The van der Waals surface area contributed by atoms with Crippen molar-refractivity contribution in [3.63, 3.8) is 0 Å². The molecule has 1 N–H and O–H groups in total. The molecule has 18 heavy (non-hydrogen) atoms. The molecule has 0 saturated carbocycles. The Morgan fingerprint density at radius 2 is 2.44 bits per heavy atom. The minimum absolute atomic E-state index is 0.0682. The van der Waals surface area contributed by atoms with E-state index >= 15 is 0 Å². The molecule has 0 spiro atoms. The maximum absolute atomic E-state index is 10.3. The van der Waals surface area contributed by atoms with Gasteiger partial charge in [-0.2, -0.15) is 0 Å². The molecule has 0 aliphatic carbocycles. The summed E-state index contributed by atoms with van der Waals surface area (Å²) in [6.07, 6.45) is 4.31. The van der Waals surface area contributed by atoms with Crippen LogP contribution in [0, 0.1) is 0 Å². The molecule has 3 atom stereocenters. The lowest BCUT2D eigenvalue weighted by molar-refractivity contribution is -0.101. The van der Waals surface area contributed by atoms with E-state index in [0.29, 0.717) is 12.5 Å². The Balaban J connectivity index is 1.58. The number of hydrogen-bond donors (Lipinski definition) is 1. The average Bonchev–Trinajstić information content (AvgIpc) is 2.87. The van der Waals surface area contributed by atoms with Crippen LogP contribution in [0.15, 0.2) is 24.4 Å². The van der Waals surface area contributed by atoms with Crippen molar-refractivity contribution in [2.75, 3.05) is 19.7 Å². The molecule has 4 heteroatoms. The lowest BCUT2D eigenvalue weighted by Gasteiger charge is -2.37. The molecule has 0 bridgehead atoms. The molecule has 0 amide bonds. The molecule has 3 unspecified atom stereocenters. The molecule has 2 aliphatic rings. The fourth-order valence-corrected chi connectivity index (χ4v) is 2.94. The predicted octanol–water partition coefficient (Wildman–Crippen LogP) is 0.848. The van der Waals surface area contributed by atoms with E-state index in [1.165, 1.54) is 12.8 Å². The Hall–Kier alpha value is -0.970. The van der Waals surface area contributed by atoms with Gasteiger partial charge < -0.3 is 9.84 Å². The Labute approximate surface area is 108 Å². The summed E-state index contributed by atoms with van der Waals surface area (Å²) in [6.45, 7) is 2.78. The molecular weight excluding hydrogens is 228 g/mol. The van der Waals surface area contributed by atoms with Crippen molar-refractivity contribution in [3.05, 3.63) is 30.1 Å². The quantitative estimate of drug-likeness (QED) is 0.861. The van der Waals surface area contributed by atoms with Gasteiger partial charge >= 0.3 is 0 Å². The van der Waals surface area contributed by atoms with Gasteiger partial charge in [0.15, 0.2) is 0 Å². The van der Waals surface area contributed by atoms with Crippen LogP contribution in [-0.4, -0.2) is 52.9 Å². The van der Waals surface area contributed by atoms with Gasteiger partial charge in [0, 0.05) is 30.9 Å². The largest absolute Gasteiger partial charge is 0.390 e. The second kappa shape index (κ2) is 5.34. The van der Waals surface area contributed by atoms with Crippen molar-refractivity contribution in [3.8, 4) is 0 Å². The van der Waals surface area contributed by atoms with Crippen LogP contribution in [0.1, 0.15) is 18.5 Å². The van der Waals surface area contributed by atoms with Crippen molar-refractivity contribution in [2.45, 2.75) is 37.5 Å². The third kappa shape index (κ3) is 2.55. The molecule has 1 aromatic rings. The highest BCUT2D eigenvalue weighted by Gasteiger charge is 2.35. The van der Waals surface area contributed by atoms with E-state index in [1.807, 2.05) is 18.2 Å². The van der Waals surface area contributed by atoms with E-state index in [2.05, 4.69) is 9.88 Å². The van der Waals surface area contributed by atoms with Crippen LogP contribution in [0.4, 0.5) is 0 Å². The van der Waals surface area contributed by atoms with Crippen molar-refractivity contribution in [1.82, 2.24) is 9.88 Å². The topological polar surface area (TPSA) is 45.6 Å². The Kier molecular flexibility index (Phi) is 3.59. The molecule has 2 aliphatic heterocycles. The van der Waals surface area contributed by atoms with Crippen molar-refractivity contribution in [1.29, 1.82) is 0 Å². The van der Waals surface area contributed by atoms with E-state index < -0.39 is 6.10 Å². The molecular formula is C14H20N2O2. The third-order valence-corrected chi connectivity index (χ3v) is 3.99. The SMILES string of the molecule is OC(Cc1ccccn1)C1CN2CCCC2CO1. The van der Waals surface area contributed by atoms with Crippen LogP contribution in [0.5, 0.6) is 0 Å². The smallest absolute Gasteiger partial charge is 0.0965 e. The number of morpholine rings is 1.